The maximum Gasteiger partial charge on any atom is 0.401 e. The Bertz CT molecular complexity index is 1150. The third kappa shape index (κ3) is 6.39. The number of primary amides is 1. The maximum absolute atomic E-state index is 12.7. The number of carbonyl (C=O) groups is 1. The molecule has 6 nitrogen and oxygen atoms in total. The number of para-hydroxylation sites is 1. The number of aromatic nitrogens is 2. The lowest BCUT2D eigenvalue weighted by atomic mass is 9.99. The van der Waals surface area contributed by atoms with Crippen LogP contribution in [0, 0.1) is 5.82 Å². The molecule has 2 amide bonds. The summed E-state index contributed by atoms with van der Waals surface area (Å²) in [5, 5.41) is 7.25. The van der Waals surface area contributed by atoms with Gasteiger partial charge in [-0.1, -0.05) is 30.3 Å². The fraction of sp³-hybridized carbons (Fsp3) is 0.360. The lowest BCUT2D eigenvalue weighted by Crippen LogP contribution is -2.32. The maximum atomic E-state index is 12.7. The van der Waals surface area contributed by atoms with E-state index in [0.29, 0.717) is 25.3 Å². The highest BCUT2D eigenvalue weighted by Gasteiger charge is 2.34. The molecule has 1 saturated heterocycles. The van der Waals surface area contributed by atoms with E-state index in [-0.39, 0.29) is 11.7 Å². The Morgan fingerprint density at radius 3 is 2.46 bits per heavy atom. The number of halogens is 4. The average molecular weight is 490 g/mol. The van der Waals surface area contributed by atoms with Gasteiger partial charge in [0.2, 0.25) is 0 Å². The summed E-state index contributed by atoms with van der Waals surface area (Å²) in [7, 11) is 0. The minimum Gasteiger partial charge on any atom is -0.351 e. The molecule has 5 rings (SSSR count). The molecule has 1 aromatic heterocycles. The molecule has 1 atom stereocenters. The molecule has 35 heavy (non-hydrogen) atoms. The molecule has 2 aromatic carbocycles. The van der Waals surface area contributed by atoms with Crippen LogP contribution in [0.5, 0.6) is 0 Å². The molecular formula is C25H27F4N5O. The van der Waals surface area contributed by atoms with E-state index >= 15 is 0 Å². The summed E-state index contributed by atoms with van der Waals surface area (Å²) < 4.78 is 51.1. The van der Waals surface area contributed by atoms with Gasteiger partial charge in [0.15, 0.2) is 0 Å². The van der Waals surface area contributed by atoms with E-state index in [0.717, 1.165) is 41.8 Å². The van der Waals surface area contributed by atoms with Crippen molar-refractivity contribution in [3.05, 3.63) is 77.2 Å². The van der Waals surface area contributed by atoms with E-state index < -0.39 is 18.8 Å². The largest absolute Gasteiger partial charge is 0.401 e. The first kappa shape index (κ1) is 24.7. The summed E-state index contributed by atoms with van der Waals surface area (Å²) in [6.07, 6.45) is -0.458. The highest BCUT2D eigenvalue weighted by molar-refractivity contribution is 5.88. The van der Waals surface area contributed by atoms with Crippen LogP contribution in [0.1, 0.15) is 35.6 Å². The summed E-state index contributed by atoms with van der Waals surface area (Å²) in [5.74, 6) is 0.470. The zero-order valence-electron chi connectivity index (χ0n) is 19.1. The van der Waals surface area contributed by atoms with Crippen LogP contribution in [-0.4, -0.2) is 46.5 Å². The van der Waals surface area contributed by atoms with Crippen molar-refractivity contribution < 1.29 is 22.4 Å². The molecule has 3 aromatic rings. The second kappa shape index (κ2) is 10.5. The highest BCUT2D eigenvalue weighted by Crippen LogP contribution is 2.31. The predicted octanol–water partition coefficient (Wildman–Crippen LogP) is 5.03. The van der Waals surface area contributed by atoms with Gasteiger partial charge in [0.05, 0.1) is 17.9 Å². The third-order valence-electron chi connectivity index (χ3n) is 6.17. The lowest BCUT2D eigenvalue weighted by Gasteiger charge is -2.17. The molecule has 1 aliphatic carbocycles. The van der Waals surface area contributed by atoms with Crippen molar-refractivity contribution in [1.82, 2.24) is 14.7 Å². The van der Waals surface area contributed by atoms with E-state index in [4.69, 9.17) is 5.73 Å². The summed E-state index contributed by atoms with van der Waals surface area (Å²) >= 11 is 0. The number of carbonyl (C=O) groups excluding carboxylic acids is 1. The number of nitrogens with two attached hydrogens (primary N) is 1. The molecule has 2 aliphatic rings. The van der Waals surface area contributed by atoms with Crippen LogP contribution in [0.25, 0.3) is 5.69 Å². The quantitative estimate of drug-likeness (QED) is 0.505. The first-order valence-corrected chi connectivity index (χ1v) is 11.5. The van der Waals surface area contributed by atoms with Crippen LogP contribution in [0.3, 0.4) is 0 Å². The number of fused-ring (bicyclic) bond motifs is 1. The molecule has 0 radical (unpaired) electrons. The monoisotopic (exact) mass is 489 g/mol. The summed E-state index contributed by atoms with van der Waals surface area (Å²) in [5.41, 5.74) is 9.24. The number of nitrogens with one attached hydrogen (secondary N) is 1. The van der Waals surface area contributed by atoms with Crippen molar-refractivity contribution in [3.8, 4) is 5.69 Å². The van der Waals surface area contributed by atoms with Crippen LogP contribution in [0.2, 0.25) is 0 Å². The minimum atomic E-state index is -4.14. The number of aryl methyl sites for hydroxylation is 1. The van der Waals surface area contributed by atoms with Crippen LogP contribution >= 0.6 is 0 Å². The molecule has 1 fully saturated rings. The Morgan fingerprint density at radius 2 is 1.80 bits per heavy atom. The van der Waals surface area contributed by atoms with Crippen molar-refractivity contribution in [1.29, 1.82) is 0 Å². The van der Waals surface area contributed by atoms with Gasteiger partial charge in [-0.15, -0.1) is 0 Å². The molecule has 2 heterocycles. The van der Waals surface area contributed by atoms with E-state index in [1.54, 1.807) is 16.8 Å². The third-order valence-corrected chi connectivity index (χ3v) is 6.17. The number of alkyl halides is 3. The van der Waals surface area contributed by atoms with Gasteiger partial charge in [-0.2, -0.15) is 18.3 Å². The van der Waals surface area contributed by atoms with Gasteiger partial charge in [-0.25, -0.2) is 13.9 Å². The highest BCUT2D eigenvalue weighted by atomic mass is 19.4. The molecule has 0 unspecified atom stereocenters. The topological polar surface area (TPSA) is 76.2 Å². The Labute approximate surface area is 200 Å². The van der Waals surface area contributed by atoms with Crippen molar-refractivity contribution in [2.24, 2.45) is 5.73 Å². The Kier molecular flexibility index (Phi) is 7.39. The van der Waals surface area contributed by atoms with E-state index in [1.165, 1.54) is 17.0 Å². The molecule has 0 bridgehead atoms. The van der Waals surface area contributed by atoms with E-state index in [9.17, 15) is 22.4 Å². The van der Waals surface area contributed by atoms with Crippen molar-refractivity contribution >= 4 is 11.8 Å². The van der Waals surface area contributed by atoms with Gasteiger partial charge in [-0.05, 0) is 68.0 Å². The van der Waals surface area contributed by atoms with Crippen LogP contribution in [0.15, 0.2) is 54.6 Å². The summed E-state index contributed by atoms with van der Waals surface area (Å²) in [6, 6.07) is 15.2. The van der Waals surface area contributed by atoms with Gasteiger partial charge in [0.25, 0.3) is 0 Å². The first-order chi connectivity index (χ1) is 16.7. The Balaban J connectivity index is 0.000000165. The minimum absolute atomic E-state index is 0.0814. The number of rotatable bonds is 4. The van der Waals surface area contributed by atoms with Crippen LogP contribution in [-0.2, 0) is 12.8 Å². The van der Waals surface area contributed by atoms with Crippen LogP contribution < -0.4 is 11.1 Å². The molecular weight excluding hydrogens is 462 g/mol. The van der Waals surface area contributed by atoms with Gasteiger partial charge in [-0.3, -0.25) is 10.2 Å². The Hall–Kier alpha value is -3.40. The molecule has 186 valence electrons. The fourth-order valence-electron chi connectivity index (χ4n) is 4.63. The summed E-state index contributed by atoms with van der Waals surface area (Å²) in [4.78, 5) is 12.5. The number of amides is 2. The van der Waals surface area contributed by atoms with Crippen molar-refractivity contribution in [2.75, 3.05) is 25.0 Å². The molecule has 1 aliphatic heterocycles. The number of likely N-dealkylation sites (tertiary alicyclic amines) is 1. The average Bonchev–Trinajstić information content (AvgIpc) is 3.52. The van der Waals surface area contributed by atoms with E-state index in [2.05, 4.69) is 10.4 Å². The standard InChI is InChI=1S/C13H14N4O.C12H13F4N/c14-13(18)15-12-10-7-4-8-11(10)16-17(12)9-5-2-1-3-6-9;13-11-3-1-9(2-4-11)10-5-6-17(7-10)8-12(14,15)16/h1-3,5-6H,4,7-8H2,(H3,14,15,18);1-4,10H,5-8H2/t;10-/m.0/s1. The zero-order valence-corrected chi connectivity index (χ0v) is 19.1. The molecule has 10 heteroatoms. The predicted molar refractivity (Wildman–Crippen MR) is 125 cm³/mol. The number of anilines is 1. The van der Waals surface area contributed by atoms with Crippen molar-refractivity contribution in [2.45, 2.75) is 37.8 Å². The fourth-order valence-corrected chi connectivity index (χ4v) is 4.63. The lowest BCUT2D eigenvalue weighted by molar-refractivity contribution is -0.143. The van der Waals surface area contributed by atoms with Crippen LogP contribution in [0.4, 0.5) is 28.2 Å². The number of urea groups is 1. The van der Waals surface area contributed by atoms with Crippen molar-refractivity contribution in [3.63, 3.8) is 0 Å². The molecule has 0 spiro atoms. The smallest absolute Gasteiger partial charge is 0.351 e. The molecule has 3 N–H and O–H groups in total. The number of hydrogen-bond donors (Lipinski definition) is 2. The Morgan fingerprint density at radius 1 is 1.09 bits per heavy atom. The second-order valence-electron chi connectivity index (χ2n) is 8.75. The zero-order chi connectivity index (χ0) is 25.0. The van der Waals surface area contributed by atoms with Gasteiger partial charge in [0.1, 0.15) is 11.6 Å². The summed E-state index contributed by atoms with van der Waals surface area (Å²) in [6.45, 7) is -0.0165. The SMILES string of the molecule is Fc1ccc([C@H]2CCN(CC(F)(F)F)C2)cc1.NC(=O)Nc1c2c(nn1-c1ccccc1)CCC2. The van der Waals surface area contributed by atoms with Gasteiger partial charge < -0.3 is 5.73 Å². The normalized spacial score (nSPS) is 17.5. The number of benzene rings is 2. The second-order valence-corrected chi connectivity index (χ2v) is 8.75. The first-order valence-electron chi connectivity index (χ1n) is 11.5. The molecule has 0 saturated carbocycles. The number of nitrogens with zero attached hydrogens (tertiary/aromatic N) is 3. The van der Waals surface area contributed by atoms with Gasteiger partial charge in [0, 0.05) is 12.1 Å². The van der Waals surface area contributed by atoms with E-state index in [1.807, 2.05) is 30.3 Å². The van der Waals surface area contributed by atoms with Gasteiger partial charge >= 0.3 is 12.2 Å². The number of hydrogen-bond acceptors (Lipinski definition) is 3.